The van der Waals surface area contributed by atoms with E-state index in [9.17, 15) is 4.79 Å². The number of nitrogens with one attached hydrogen (secondary N) is 1. The van der Waals surface area contributed by atoms with Gasteiger partial charge in [0.2, 0.25) is 5.88 Å². The monoisotopic (exact) mass is 416 g/mol. The summed E-state index contributed by atoms with van der Waals surface area (Å²) in [6, 6.07) is 21.7. The van der Waals surface area contributed by atoms with E-state index in [1.54, 1.807) is 0 Å². The molecule has 6 heteroatoms. The van der Waals surface area contributed by atoms with Crippen molar-refractivity contribution in [1.29, 1.82) is 0 Å². The molecule has 1 atom stereocenters. The zero-order valence-corrected chi connectivity index (χ0v) is 18.0. The fourth-order valence-corrected chi connectivity index (χ4v) is 4.00. The minimum absolute atomic E-state index is 0.0824. The number of carbonyl (C=O) groups excluding carboxylic acids is 1. The van der Waals surface area contributed by atoms with E-state index < -0.39 is 0 Å². The molecule has 1 fully saturated rings. The molecule has 1 saturated heterocycles. The summed E-state index contributed by atoms with van der Waals surface area (Å²) in [5.41, 5.74) is 2.99. The Morgan fingerprint density at radius 3 is 2.29 bits per heavy atom. The Hall–Kier alpha value is -3.41. The standard InChI is InChI=1S/C25H28N4O2/c1-18-16-23(27-19(2)26-18)31-22-14-9-15-29(17-22)25(30)28-24(20-10-5-3-6-11-20)21-12-7-4-8-13-21/h3-8,10-13,16,22,24H,9,14-15,17H2,1-2H3,(H,28,30)/t22-/m0/s1. The molecule has 0 radical (unpaired) electrons. The number of urea groups is 1. The van der Waals surface area contributed by atoms with Gasteiger partial charge < -0.3 is 15.0 Å². The van der Waals surface area contributed by atoms with Crippen molar-refractivity contribution in [2.45, 2.75) is 38.8 Å². The fraction of sp³-hybridized carbons (Fsp3) is 0.320. The molecular formula is C25H28N4O2. The van der Waals surface area contributed by atoms with Crippen LogP contribution in [-0.2, 0) is 0 Å². The van der Waals surface area contributed by atoms with Gasteiger partial charge in [-0.1, -0.05) is 60.7 Å². The van der Waals surface area contributed by atoms with Crippen LogP contribution in [0.15, 0.2) is 66.7 Å². The number of hydrogen-bond donors (Lipinski definition) is 1. The molecule has 6 nitrogen and oxygen atoms in total. The van der Waals surface area contributed by atoms with Gasteiger partial charge in [-0.2, -0.15) is 4.98 Å². The van der Waals surface area contributed by atoms with E-state index in [1.165, 1.54) is 0 Å². The maximum atomic E-state index is 13.2. The molecule has 1 N–H and O–H groups in total. The predicted molar refractivity (Wildman–Crippen MR) is 120 cm³/mol. The number of likely N-dealkylation sites (tertiary alicyclic amines) is 1. The molecule has 4 rings (SSSR count). The first-order valence-electron chi connectivity index (χ1n) is 10.7. The van der Waals surface area contributed by atoms with Crippen molar-refractivity contribution in [2.24, 2.45) is 0 Å². The topological polar surface area (TPSA) is 67.3 Å². The molecule has 31 heavy (non-hydrogen) atoms. The van der Waals surface area contributed by atoms with Gasteiger partial charge in [0.25, 0.3) is 0 Å². The molecule has 0 spiro atoms. The number of piperidine rings is 1. The molecule has 3 aromatic rings. The zero-order chi connectivity index (χ0) is 21.6. The smallest absolute Gasteiger partial charge is 0.318 e. The Morgan fingerprint density at radius 2 is 1.68 bits per heavy atom. The molecule has 1 aromatic heterocycles. The van der Waals surface area contributed by atoms with Gasteiger partial charge in [-0.05, 0) is 37.8 Å². The van der Waals surface area contributed by atoms with Crippen LogP contribution < -0.4 is 10.1 Å². The molecule has 0 aliphatic carbocycles. The summed E-state index contributed by atoms with van der Waals surface area (Å²) >= 11 is 0. The Labute approximate surface area is 183 Å². The highest BCUT2D eigenvalue weighted by atomic mass is 16.5. The molecule has 1 aliphatic rings. The van der Waals surface area contributed by atoms with Gasteiger partial charge in [-0.3, -0.25) is 0 Å². The van der Waals surface area contributed by atoms with Crippen LogP contribution in [0.3, 0.4) is 0 Å². The van der Waals surface area contributed by atoms with Crippen LogP contribution in [0.5, 0.6) is 5.88 Å². The molecule has 0 bridgehead atoms. The number of benzene rings is 2. The molecule has 1 aliphatic heterocycles. The van der Waals surface area contributed by atoms with Gasteiger partial charge >= 0.3 is 6.03 Å². The first kappa shape index (κ1) is 20.8. The van der Waals surface area contributed by atoms with E-state index in [4.69, 9.17) is 4.74 Å². The van der Waals surface area contributed by atoms with Crippen molar-refractivity contribution in [3.63, 3.8) is 0 Å². The molecule has 2 amide bonds. The van der Waals surface area contributed by atoms with Gasteiger partial charge in [0.05, 0.1) is 12.6 Å². The number of aryl methyl sites for hydroxylation is 2. The normalized spacial score (nSPS) is 16.2. The third-order valence-electron chi connectivity index (χ3n) is 5.43. The van der Waals surface area contributed by atoms with E-state index in [-0.39, 0.29) is 18.2 Å². The van der Waals surface area contributed by atoms with Crippen LogP contribution >= 0.6 is 0 Å². The summed E-state index contributed by atoms with van der Waals surface area (Å²) in [4.78, 5) is 23.7. The number of aromatic nitrogens is 2. The largest absolute Gasteiger partial charge is 0.472 e. The molecule has 160 valence electrons. The van der Waals surface area contributed by atoms with Gasteiger partial charge in [0.1, 0.15) is 11.9 Å². The van der Waals surface area contributed by atoms with Gasteiger partial charge in [0.15, 0.2) is 0 Å². The molecule has 2 heterocycles. The number of ether oxygens (including phenoxy) is 1. The lowest BCUT2D eigenvalue weighted by atomic mass is 9.99. The highest BCUT2D eigenvalue weighted by Crippen LogP contribution is 2.23. The van der Waals surface area contributed by atoms with E-state index in [0.29, 0.717) is 24.8 Å². The Morgan fingerprint density at radius 1 is 1.03 bits per heavy atom. The second-order valence-electron chi connectivity index (χ2n) is 7.93. The Balaban J connectivity index is 1.46. The quantitative estimate of drug-likeness (QED) is 0.668. The van der Waals surface area contributed by atoms with Gasteiger partial charge in [0, 0.05) is 18.3 Å². The SMILES string of the molecule is Cc1cc(O[C@H]2CCCN(C(=O)NC(c3ccccc3)c3ccccc3)C2)nc(C)n1. The number of amides is 2. The summed E-state index contributed by atoms with van der Waals surface area (Å²) in [6.45, 7) is 5.03. The maximum absolute atomic E-state index is 13.2. The minimum atomic E-state index is -0.205. The van der Waals surface area contributed by atoms with Crippen molar-refractivity contribution in [2.75, 3.05) is 13.1 Å². The van der Waals surface area contributed by atoms with Gasteiger partial charge in [-0.15, -0.1) is 0 Å². The van der Waals surface area contributed by atoms with E-state index in [1.807, 2.05) is 85.5 Å². The summed E-state index contributed by atoms with van der Waals surface area (Å²) in [5, 5.41) is 3.23. The van der Waals surface area contributed by atoms with Crippen molar-refractivity contribution in [1.82, 2.24) is 20.2 Å². The van der Waals surface area contributed by atoms with Crippen molar-refractivity contribution in [3.8, 4) is 5.88 Å². The number of carbonyl (C=O) groups is 1. The van der Waals surface area contributed by atoms with Crippen LogP contribution in [0.25, 0.3) is 0 Å². The Kier molecular flexibility index (Phi) is 6.46. The van der Waals surface area contributed by atoms with E-state index >= 15 is 0 Å². The highest BCUT2D eigenvalue weighted by molar-refractivity contribution is 5.75. The lowest BCUT2D eigenvalue weighted by Gasteiger charge is -2.34. The number of hydrogen-bond acceptors (Lipinski definition) is 4. The fourth-order valence-electron chi connectivity index (χ4n) is 4.00. The highest BCUT2D eigenvalue weighted by Gasteiger charge is 2.27. The van der Waals surface area contributed by atoms with Gasteiger partial charge in [-0.25, -0.2) is 9.78 Å². The van der Waals surface area contributed by atoms with Crippen LogP contribution in [0.2, 0.25) is 0 Å². The van der Waals surface area contributed by atoms with Crippen LogP contribution in [0.1, 0.15) is 41.5 Å². The average Bonchev–Trinajstić information content (AvgIpc) is 2.78. The number of rotatable bonds is 5. The first-order chi connectivity index (χ1) is 15.1. The second-order valence-corrected chi connectivity index (χ2v) is 7.93. The zero-order valence-electron chi connectivity index (χ0n) is 18.0. The molecule has 2 aromatic carbocycles. The minimum Gasteiger partial charge on any atom is -0.472 e. The van der Waals surface area contributed by atoms with Crippen molar-refractivity contribution in [3.05, 3.63) is 89.4 Å². The maximum Gasteiger partial charge on any atom is 0.318 e. The summed E-state index contributed by atoms with van der Waals surface area (Å²) in [7, 11) is 0. The average molecular weight is 417 g/mol. The van der Waals surface area contributed by atoms with Crippen molar-refractivity contribution < 1.29 is 9.53 Å². The first-order valence-corrected chi connectivity index (χ1v) is 10.7. The van der Waals surface area contributed by atoms with E-state index in [2.05, 4.69) is 15.3 Å². The lowest BCUT2D eigenvalue weighted by molar-refractivity contribution is 0.0968. The third kappa shape index (κ3) is 5.40. The summed E-state index contributed by atoms with van der Waals surface area (Å²) in [5.74, 6) is 1.26. The van der Waals surface area contributed by atoms with E-state index in [0.717, 1.165) is 29.7 Å². The van der Waals surface area contributed by atoms with Crippen LogP contribution in [0, 0.1) is 13.8 Å². The molecular weight excluding hydrogens is 388 g/mol. The molecule has 0 unspecified atom stereocenters. The molecule has 0 saturated carbocycles. The van der Waals surface area contributed by atoms with Crippen LogP contribution in [0.4, 0.5) is 4.79 Å². The summed E-state index contributed by atoms with van der Waals surface area (Å²) in [6.07, 6.45) is 1.70. The Bertz CT molecular complexity index is 951. The predicted octanol–water partition coefficient (Wildman–Crippen LogP) is 4.44. The second kappa shape index (κ2) is 9.60. The third-order valence-corrected chi connectivity index (χ3v) is 5.43. The van der Waals surface area contributed by atoms with Crippen LogP contribution in [-0.4, -0.2) is 40.1 Å². The number of nitrogens with zero attached hydrogens (tertiary/aromatic N) is 3. The van der Waals surface area contributed by atoms with Crippen molar-refractivity contribution >= 4 is 6.03 Å². The summed E-state index contributed by atoms with van der Waals surface area (Å²) < 4.78 is 6.10. The lowest BCUT2D eigenvalue weighted by Crippen LogP contribution is -2.49.